The van der Waals surface area contributed by atoms with E-state index in [-0.39, 0.29) is 5.91 Å². The number of aliphatic imine (C=N–C) groups is 1. The Bertz CT molecular complexity index is 112. The second kappa shape index (κ2) is 3.36. The molecule has 2 nitrogen and oxygen atoms in total. The molecule has 0 aromatic carbocycles. The van der Waals surface area contributed by atoms with E-state index in [0.29, 0.717) is 6.42 Å². The lowest BCUT2D eigenvalue weighted by molar-refractivity contribution is -0.117. The second-order valence-electron chi connectivity index (χ2n) is 1.81. The topological polar surface area (TPSA) is 29.4 Å². The summed E-state index contributed by atoms with van der Waals surface area (Å²) in [4.78, 5) is 14.1. The first kappa shape index (κ1) is 7.34. The van der Waals surface area contributed by atoms with Crippen molar-refractivity contribution < 1.29 is 4.79 Å². The van der Waals surface area contributed by atoms with E-state index in [1.54, 1.807) is 6.92 Å². The molecule has 46 valence electrons. The molecule has 0 rings (SSSR count). The highest BCUT2D eigenvalue weighted by molar-refractivity contribution is 5.92. The molecule has 0 fully saturated rings. The van der Waals surface area contributed by atoms with Crippen LogP contribution >= 0.6 is 0 Å². The standard InChI is InChI=1S/C6H11NO/c1-4-6(8)7-5(2)3/h4H2,1-3H3. The number of hydrogen-bond donors (Lipinski definition) is 0. The van der Waals surface area contributed by atoms with Gasteiger partial charge < -0.3 is 0 Å². The molecule has 1 amide bonds. The number of hydrogen-bond acceptors (Lipinski definition) is 1. The minimum atomic E-state index is -0.0370. The van der Waals surface area contributed by atoms with E-state index in [1.807, 2.05) is 13.8 Å². The zero-order valence-electron chi connectivity index (χ0n) is 5.56. The van der Waals surface area contributed by atoms with Crippen molar-refractivity contribution in [3.05, 3.63) is 0 Å². The summed E-state index contributed by atoms with van der Waals surface area (Å²) in [6.45, 7) is 5.43. The summed E-state index contributed by atoms with van der Waals surface area (Å²) < 4.78 is 0. The maximum Gasteiger partial charge on any atom is 0.245 e. The first-order valence-corrected chi connectivity index (χ1v) is 2.71. The Labute approximate surface area is 49.6 Å². The van der Waals surface area contributed by atoms with E-state index in [0.717, 1.165) is 5.71 Å². The van der Waals surface area contributed by atoms with Gasteiger partial charge in [-0.05, 0) is 13.8 Å². The van der Waals surface area contributed by atoms with E-state index in [9.17, 15) is 4.79 Å². The van der Waals surface area contributed by atoms with Crippen LogP contribution in [0, 0.1) is 0 Å². The van der Waals surface area contributed by atoms with Crippen molar-refractivity contribution in [1.29, 1.82) is 0 Å². The number of carbonyl (C=O) groups is 1. The highest BCUT2D eigenvalue weighted by atomic mass is 16.1. The van der Waals surface area contributed by atoms with Crippen LogP contribution in [-0.4, -0.2) is 11.6 Å². The van der Waals surface area contributed by atoms with Gasteiger partial charge in [-0.15, -0.1) is 0 Å². The Balaban J connectivity index is 3.70. The highest BCUT2D eigenvalue weighted by Crippen LogP contribution is 1.83. The number of nitrogens with zero attached hydrogens (tertiary/aromatic N) is 1. The van der Waals surface area contributed by atoms with Crippen LogP contribution in [0.1, 0.15) is 27.2 Å². The lowest BCUT2D eigenvalue weighted by atomic mass is 10.4. The van der Waals surface area contributed by atoms with Crippen LogP contribution in [0.3, 0.4) is 0 Å². The molecular formula is C6H11NO. The number of rotatable bonds is 1. The van der Waals surface area contributed by atoms with Gasteiger partial charge in [0.05, 0.1) is 0 Å². The van der Waals surface area contributed by atoms with E-state index in [1.165, 1.54) is 0 Å². The average molecular weight is 113 g/mol. The van der Waals surface area contributed by atoms with Crippen molar-refractivity contribution in [2.75, 3.05) is 0 Å². The molecule has 0 aromatic rings. The number of carbonyl (C=O) groups excluding carboxylic acids is 1. The molecule has 2 heteroatoms. The van der Waals surface area contributed by atoms with Crippen molar-refractivity contribution in [3.8, 4) is 0 Å². The smallest absolute Gasteiger partial charge is 0.245 e. The van der Waals surface area contributed by atoms with Gasteiger partial charge in [-0.1, -0.05) is 6.92 Å². The van der Waals surface area contributed by atoms with Gasteiger partial charge in [-0.3, -0.25) is 4.79 Å². The maximum atomic E-state index is 10.4. The van der Waals surface area contributed by atoms with Crippen molar-refractivity contribution in [2.24, 2.45) is 4.99 Å². The van der Waals surface area contributed by atoms with Crippen LogP contribution in [0.2, 0.25) is 0 Å². The SMILES string of the molecule is CCC(=O)N=C(C)C. The van der Waals surface area contributed by atoms with Gasteiger partial charge in [-0.25, -0.2) is 4.99 Å². The van der Waals surface area contributed by atoms with Crippen molar-refractivity contribution in [2.45, 2.75) is 27.2 Å². The Hall–Kier alpha value is -0.660. The Morgan fingerprint density at radius 1 is 1.50 bits per heavy atom. The largest absolute Gasteiger partial charge is 0.273 e. The molecule has 0 atom stereocenters. The zero-order chi connectivity index (χ0) is 6.57. The Morgan fingerprint density at radius 3 is 2.12 bits per heavy atom. The van der Waals surface area contributed by atoms with Gasteiger partial charge >= 0.3 is 0 Å². The molecule has 0 spiro atoms. The molecule has 0 radical (unpaired) electrons. The molecule has 0 aliphatic carbocycles. The summed E-state index contributed by atoms with van der Waals surface area (Å²) in [5.41, 5.74) is 0.830. The first-order valence-electron chi connectivity index (χ1n) is 2.71. The molecule has 0 aliphatic rings. The molecule has 8 heavy (non-hydrogen) atoms. The quantitative estimate of drug-likeness (QED) is 0.472. The molecule has 0 saturated heterocycles. The van der Waals surface area contributed by atoms with Crippen LogP contribution in [-0.2, 0) is 4.79 Å². The maximum absolute atomic E-state index is 10.4. The summed E-state index contributed by atoms with van der Waals surface area (Å²) in [5.74, 6) is -0.0370. The Kier molecular flexibility index (Phi) is 3.08. The monoisotopic (exact) mass is 113 g/mol. The molecule has 0 aromatic heterocycles. The Morgan fingerprint density at radius 2 is 2.00 bits per heavy atom. The highest BCUT2D eigenvalue weighted by Gasteiger charge is 1.89. The molecule has 0 bridgehead atoms. The van der Waals surface area contributed by atoms with Crippen molar-refractivity contribution in [3.63, 3.8) is 0 Å². The van der Waals surface area contributed by atoms with Gasteiger partial charge in [0.25, 0.3) is 0 Å². The molecule has 0 aliphatic heterocycles. The third-order valence-corrected chi connectivity index (χ3v) is 0.651. The number of amides is 1. The van der Waals surface area contributed by atoms with Gasteiger partial charge in [0.1, 0.15) is 0 Å². The molecule has 0 heterocycles. The minimum Gasteiger partial charge on any atom is -0.273 e. The third kappa shape index (κ3) is 3.53. The fourth-order valence-corrected chi connectivity index (χ4v) is 0.328. The summed E-state index contributed by atoms with van der Waals surface area (Å²) in [7, 11) is 0. The zero-order valence-corrected chi connectivity index (χ0v) is 5.56. The molecule has 0 saturated carbocycles. The first-order chi connectivity index (χ1) is 3.66. The third-order valence-electron chi connectivity index (χ3n) is 0.651. The van der Waals surface area contributed by atoms with E-state index < -0.39 is 0 Å². The van der Waals surface area contributed by atoms with Crippen LogP contribution in [0.4, 0.5) is 0 Å². The van der Waals surface area contributed by atoms with E-state index >= 15 is 0 Å². The summed E-state index contributed by atoms with van der Waals surface area (Å²) in [6.07, 6.45) is 0.505. The fraction of sp³-hybridized carbons (Fsp3) is 0.667. The molecule has 0 N–H and O–H groups in total. The van der Waals surface area contributed by atoms with Crippen LogP contribution in [0.25, 0.3) is 0 Å². The normalized spacial score (nSPS) is 8.38. The van der Waals surface area contributed by atoms with E-state index in [2.05, 4.69) is 4.99 Å². The summed E-state index contributed by atoms with van der Waals surface area (Å²) in [6, 6.07) is 0. The minimum absolute atomic E-state index is 0.0370. The van der Waals surface area contributed by atoms with Crippen LogP contribution in [0.5, 0.6) is 0 Å². The van der Waals surface area contributed by atoms with Gasteiger partial charge in [-0.2, -0.15) is 0 Å². The average Bonchev–Trinajstić information content (AvgIpc) is 1.65. The fourth-order valence-electron chi connectivity index (χ4n) is 0.328. The van der Waals surface area contributed by atoms with Crippen molar-refractivity contribution >= 4 is 11.6 Å². The lowest BCUT2D eigenvalue weighted by Gasteiger charge is -1.85. The van der Waals surface area contributed by atoms with E-state index in [4.69, 9.17) is 0 Å². The predicted octanol–water partition coefficient (Wildman–Crippen LogP) is 1.40. The van der Waals surface area contributed by atoms with Gasteiger partial charge in [0, 0.05) is 12.1 Å². The van der Waals surface area contributed by atoms with Crippen LogP contribution < -0.4 is 0 Å². The predicted molar refractivity (Wildman–Crippen MR) is 34.1 cm³/mol. The second-order valence-corrected chi connectivity index (χ2v) is 1.81. The van der Waals surface area contributed by atoms with Gasteiger partial charge in [0.2, 0.25) is 5.91 Å². The van der Waals surface area contributed by atoms with Gasteiger partial charge in [0.15, 0.2) is 0 Å². The summed E-state index contributed by atoms with van der Waals surface area (Å²) in [5, 5.41) is 0. The van der Waals surface area contributed by atoms with Crippen LogP contribution in [0.15, 0.2) is 4.99 Å². The lowest BCUT2D eigenvalue weighted by Crippen LogP contribution is -1.92. The molecule has 0 unspecified atom stereocenters. The summed E-state index contributed by atoms with van der Waals surface area (Å²) >= 11 is 0. The molecular weight excluding hydrogens is 102 g/mol. The van der Waals surface area contributed by atoms with Crippen molar-refractivity contribution in [1.82, 2.24) is 0 Å².